The molecular weight excluding hydrogens is 580 g/mol. The summed E-state index contributed by atoms with van der Waals surface area (Å²) in [7, 11) is 3.80. The zero-order valence-corrected chi connectivity index (χ0v) is 25.7. The number of anilines is 1. The monoisotopic (exact) mass is 616 g/mol. The fourth-order valence-corrected chi connectivity index (χ4v) is 6.06. The highest BCUT2D eigenvalue weighted by Crippen LogP contribution is 2.31. The number of piperazine rings is 1. The van der Waals surface area contributed by atoms with Gasteiger partial charge in [-0.05, 0) is 41.0 Å². The number of carbonyl (C=O) groups excluding carboxylic acids is 3. The van der Waals surface area contributed by atoms with Gasteiger partial charge in [0.05, 0.1) is 23.8 Å². The smallest absolute Gasteiger partial charge is 0.334 e. The Morgan fingerprint density at radius 3 is 2.43 bits per heavy atom. The summed E-state index contributed by atoms with van der Waals surface area (Å²) in [5, 5.41) is 16.7. The minimum absolute atomic E-state index is 0.0794. The molecule has 44 heavy (non-hydrogen) atoms. The molecule has 0 radical (unpaired) electrons. The first-order chi connectivity index (χ1) is 21.2. The summed E-state index contributed by atoms with van der Waals surface area (Å²) in [4.78, 5) is 47.0. The summed E-state index contributed by atoms with van der Waals surface area (Å²) in [6.07, 6.45) is 1.12. The Kier molecular flexibility index (Phi) is 9.41. The first-order valence-corrected chi connectivity index (χ1v) is 14.8. The second-order valence-electron chi connectivity index (χ2n) is 11.2. The number of rotatable bonds is 9. The molecule has 2 saturated heterocycles. The summed E-state index contributed by atoms with van der Waals surface area (Å²) >= 11 is 6.42. The number of hydrogen-bond donors (Lipinski definition) is 2. The SMILES string of the molecule is C=CCN1CC(=O)N2C(CN(Cc3ccc(Cl)c(N(C)C)c3)C(=O)[C@@H]2Cc2ccc(O)cc2)N1C(=O)NCc1ccccc1. The molecule has 2 heterocycles. The number of aromatic hydroxyl groups is 1. The molecule has 230 valence electrons. The molecule has 3 aromatic rings. The summed E-state index contributed by atoms with van der Waals surface area (Å²) in [5.74, 6) is -0.356. The van der Waals surface area contributed by atoms with E-state index in [0.717, 1.165) is 22.4 Å². The molecule has 2 atom stereocenters. The first kappa shape index (κ1) is 30.9. The molecule has 0 saturated carbocycles. The molecular formula is C33H37ClN6O4. The molecule has 0 bridgehead atoms. The van der Waals surface area contributed by atoms with Crippen LogP contribution in [0, 0.1) is 0 Å². The van der Waals surface area contributed by atoms with Crippen LogP contribution >= 0.6 is 11.6 Å². The molecule has 10 nitrogen and oxygen atoms in total. The van der Waals surface area contributed by atoms with Gasteiger partial charge in [-0.2, -0.15) is 0 Å². The predicted molar refractivity (Wildman–Crippen MR) is 170 cm³/mol. The standard InChI is InChI=1S/C33H37ClN6O4/c1-4-16-38-22-31(42)39-29(17-23-10-13-26(41)14-11-23)32(43)37(20-25-12-15-27(34)28(18-25)36(2)3)21-30(39)40(38)33(44)35-19-24-8-6-5-7-9-24/h4-15,18,29-30,41H,1,16-17,19-22H2,2-3H3,(H,35,44)/t29-,30?/m0/s1. The van der Waals surface area contributed by atoms with Crippen LogP contribution in [-0.2, 0) is 29.1 Å². The molecule has 4 amide bonds. The first-order valence-electron chi connectivity index (χ1n) is 14.5. The van der Waals surface area contributed by atoms with E-state index in [2.05, 4.69) is 11.9 Å². The van der Waals surface area contributed by atoms with Gasteiger partial charge in [-0.3, -0.25) is 9.59 Å². The Morgan fingerprint density at radius 2 is 1.75 bits per heavy atom. The maximum absolute atomic E-state index is 14.2. The number of hydrazine groups is 1. The van der Waals surface area contributed by atoms with Gasteiger partial charge in [-0.1, -0.05) is 66.2 Å². The van der Waals surface area contributed by atoms with E-state index >= 15 is 0 Å². The highest BCUT2D eigenvalue weighted by molar-refractivity contribution is 6.33. The number of benzene rings is 3. The lowest BCUT2D eigenvalue weighted by molar-refractivity contribution is -0.189. The average Bonchev–Trinajstić information content (AvgIpc) is 3.00. The van der Waals surface area contributed by atoms with Crippen molar-refractivity contribution in [1.29, 1.82) is 0 Å². The van der Waals surface area contributed by atoms with Crippen molar-refractivity contribution in [2.45, 2.75) is 31.7 Å². The van der Waals surface area contributed by atoms with E-state index in [1.807, 2.05) is 61.5 Å². The predicted octanol–water partition coefficient (Wildman–Crippen LogP) is 3.85. The highest BCUT2D eigenvalue weighted by Gasteiger charge is 2.51. The number of nitrogens with one attached hydrogen (secondary N) is 1. The van der Waals surface area contributed by atoms with Crippen molar-refractivity contribution in [3.63, 3.8) is 0 Å². The highest BCUT2D eigenvalue weighted by atomic mass is 35.5. The largest absolute Gasteiger partial charge is 0.508 e. The average molecular weight is 617 g/mol. The maximum atomic E-state index is 14.2. The molecule has 0 aromatic heterocycles. The normalized spacial score (nSPS) is 18.7. The van der Waals surface area contributed by atoms with Gasteiger partial charge < -0.3 is 25.1 Å². The van der Waals surface area contributed by atoms with Crippen LogP contribution in [0.2, 0.25) is 5.02 Å². The topological polar surface area (TPSA) is 99.7 Å². The molecule has 3 aromatic carbocycles. The van der Waals surface area contributed by atoms with Crippen LogP contribution in [0.4, 0.5) is 10.5 Å². The zero-order chi connectivity index (χ0) is 31.4. The Morgan fingerprint density at radius 1 is 1.05 bits per heavy atom. The second kappa shape index (κ2) is 13.4. The van der Waals surface area contributed by atoms with Gasteiger partial charge in [-0.25, -0.2) is 14.8 Å². The van der Waals surface area contributed by atoms with Crippen LogP contribution in [0.25, 0.3) is 0 Å². The number of amides is 4. The Bertz CT molecular complexity index is 1520. The summed E-state index contributed by atoms with van der Waals surface area (Å²) in [5.41, 5.74) is 3.41. The molecule has 2 N–H and O–H groups in total. The lowest BCUT2D eigenvalue weighted by Gasteiger charge is -2.55. The molecule has 0 spiro atoms. The van der Waals surface area contributed by atoms with Crippen LogP contribution in [0.5, 0.6) is 5.75 Å². The van der Waals surface area contributed by atoms with Gasteiger partial charge in [0.15, 0.2) is 0 Å². The van der Waals surface area contributed by atoms with E-state index in [1.165, 1.54) is 0 Å². The summed E-state index contributed by atoms with van der Waals surface area (Å²) in [6, 6.07) is 20.6. The maximum Gasteiger partial charge on any atom is 0.334 e. The molecule has 2 aliphatic rings. The van der Waals surface area contributed by atoms with Crippen molar-refractivity contribution in [2.75, 3.05) is 38.6 Å². The molecule has 1 unspecified atom stereocenters. The Labute approximate surface area is 262 Å². The fourth-order valence-electron chi connectivity index (χ4n) is 5.77. The Hall–Kier alpha value is -4.54. The number of nitrogens with zero attached hydrogens (tertiary/aromatic N) is 5. The van der Waals surface area contributed by atoms with Crippen molar-refractivity contribution in [3.05, 3.63) is 107 Å². The van der Waals surface area contributed by atoms with Gasteiger partial charge in [0.2, 0.25) is 11.8 Å². The number of carbonyl (C=O) groups is 3. The van der Waals surface area contributed by atoms with E-state index in [9.17, 15) is 19.5 Å². The van der Waals surface area contributed by atoms with E-state index in [1.54, 1.807) is 56.2 Å². The van der Waals surface area contributed by atoms with Gasteiger partial charge in [0.1, 0.15) is 18.0 Å². The third kappa shape index (κ3) is 6.66. The minimum atomic E-state index is -0.860. The number of urea groups is 1. The van der Waals surface area contributed by atoms with Gasteiger partial charge in [-0.15, -0.1) is 6.58 Å². The number of phenols is 1. The van der Waals surface area contributed by atoms with Crippen LogP contribution in [0.3, 0.4) is 0 Å². The van der Waals surface area contributed by atoms with Crippen molar-refractivity contribution >= 4 is 35.1 Å². The zero-order valence-electron chi connectivity index (χ0n) is 24.9. The van der Waals surface area contributed by atoms with E-state index in [0.29, 0.717) is 11.6 Å². The third-order valence-electron chi connectivity index (χ3n) is 7.90. The van der Waals surface area contributed by atoms with Crippen LogP contribution in [-0.4, -0.2) is 88.7 Å². The van der Waals surface area contributed by atoms with Crippen LogP contribution in [0.1, 0.15) is 16.7 Å². The van der Waals surface area contributed by atoms with E-state index in [-0.39, 0.29) is 56.2 Å². The summed E-state index contributed by atoms with van der Waals surface area (Å²) in [6.45, 7) is 4.71. The van der Waals surface area contributed by atoms with Crippen molar-refractivity contribution in [1.82, 2.24) is 25.1 Å². The quantitative estimate of drug-likeness (QED) is 0.355. The summed E-state index contributed by atoms with van der Waals surface area (Å²) < 4.78 is 0. The van der Waals surface area contributed by atoms with Crippen molar-refractivity contribution in [3.8, 4) is 5.75 Å². The van der Waals surface area contributed by atoms with Crippen LogP contribution in [0.15, 0.2) is 85.5 Å². The molecule has 11 heteroatoms. The minimum Gasteiger partial charge on any atom is -0.508 e. The Balaban J connectivity index is 1.51. The number of hydrogen-bond acceptors (Lipinski definition) is 6. The van der Waals surface area contributed by atoms with Gasteiger partial charge in [0, 0.05) is 40.2 Å². The molecule has 5 rings (SSSR count). The molecule has 2 aliphatic heterocycles. The van der Waals surface area contributed by atoms with Gasteiger partial charge >= 0.3 is 6.03 Å². The number of halogens is 1. The lowest BCUT2D eigenvalue weighted by Crippen LogP contribution is -2.76. The third-order valence-corrected chi connectivity index (χ3v) is 8.22. The number of fused-ring (bicyclic) bond motifs is 1. The second-order valence-corrected chi connectivity index (χ2v) is 11.6. The lowest BCUT2D eigenvalue weighted by atomic mass is 9.98. The van der Waals surface area contributed by atoms with Crippen molar-refractivity contribution < 1.29 is 19.5 Å². The van der Waals surface area contributed by atoms with Crippen molar-refractivity contribution in [2.24, 2.45) is 0 Å². The van der Waals surface area contributed by atoms with Crippen LogP contribution < -0.4 is 10.2 Å². The fraction of sp³-hybridized carbons (Fsp3) is 0.303. The molecule has 2 fully saturated rings. The molecule has 0 aliphatic carbocycles. The van der Waals surface area contributed by atoms with E-state index in [4.69, 9.17) is 11.6 Å². The van der Waals surface area contributed by atoms with E-state index < -0.39 is 12.2 Å². The van der Waals surface area contributed by atoms with Gasteiger partial charge in [0.25, 0.3) is 0 Å². The number of phenolic OH excluding ortho intramolecular Hbond substituents is 1.